The number of hydrogen-bond donors (Lipinski definition) is 0. The van der Waals surface area contributed by atoms with Crippen LogP contribution < -0.4 is 0 Å². The lowest BCUT2D eigenvalue weighted by atomic mass is 9.68. The monoisotopic (exact) mass is 310 g/mol. The van der Waals surface area contributed by atoms with E-state index in [1.807, 2.05) is 6.92 Å². The molecule has 1 atom stereocenters. The van der Waals surface area contributed by atoms with E-state index < -0.39 is 17.2 Å². The molecule has 1 aliphatic rings. The molecule has 0 N–H and O–H groups in total. The summed E-state index contributed by atoms with van der Waals surface area (Å²) in [6, 6.07) is 7.33. The molecule has 1 aromatic rings. The maximum absolute atomic E-state index is 12.6. The minimum atomic E-state index is -4.36. The Morgan fingerprint density at radius 2 is 1.82 bits per heavy atom. The van der Waals surface area contributed by atoms with Crippen LogP contribution in [-0.2, 0) is 11.0 Å². The van der Waals surface area contributed by atoms with Gasteiger partial charge in [-0.3, -0.25) is 4.79 Å². The van der Waals surface area contributed by atoms with Gasteiger partial charge in [0.2, 0.25) is 6.41 Å². The molecular formula is C16H17F3N2O. The summed E-state index contributed by atoms with van der Waals surface area (Å²) in [6.45, 7) is 2.87. The molecule has 1 fully saturated rings. The summed E-state index contributed by atoms with van der Waals surface area (Å²) < 4.78 is 37.8. The van der Waals surface area contributed by atoms with Crippen molar-refractivity contribution in [2.45, 2.75) is 31.9 Å². The number of hydrogen-bond acceptors (Lipinski definition) is 2. The van der Waals surface area contributed by atoms with Gasteiger partial charge in [-0.1, -0.05) is 19.1 Å². The highest BCUT2D eigenvalue weighted by atomic mass is 19.4. The van der Waals surface area contributed by atoms with Crippen molar-refractivity contribution in [3.63, 3.8) is 0 Å². The number of nitrogens with zero attached hydrogens (tertiary/aromatic N) is 2. The minimum Gasteiger partial charge on any atom is -0.345 e. The summed E-state index contributed by atoms with van der Waals surface area (Å²) in [5, 5.41) is 9.58. The molecule has 1 unspecified atom stereocenters. The summed E-state index contributed by atoms with van der Waals surface area (Å²) in [4.78, 5) is 12.4. The number of likely N-dealkylation sites (tertiary alicyclic amines) is 1. The Kier molecular flexibility index (Phi) is 4.45. The van der Waals surface area contributed by atoms with Crippen LogP contribution in [0.4, 0.5) is 13.2 Å². The molecule has 1 aliphatic heterocycles. The lowest BCUT2D eigenvalue weighted by Crippen LogP contribution is -2.41. The molecule has 1 saturated heterocycles. The zero-order valence-corrected chi connectivity index (χ0v) is 12.2. The van der Waals surface area contributed by atoms with Crippen molar-refractivity contribution >= 4 is 6.41 Å². The highest BCUT2D eigenvalue weighted by Gasteiger charge is 2.40. The molecule has 1 aromatic carbocycles. The first-order valence-corrected chi connectivity index (χ1v) is 7.10. The Hall–Kier alpha value is -2.03. The predicted octanol–water partition coefficient (Wildman–Crippen LogP) is 3.57. The van der Waals surface area contributed by atoms with Crippen LogP contribution in [0, 0.1) is 16.7 Å². The zero-order valence-electron chi connectivity index (χ0n) is 12.2. The molecule has 2 rings (SSSR count). The van der Waals surface area contributed by atoms with Gasteiger partial charge >= 0.3 is 6.18 Å². The maximum Gasteiger partial charge on any atom is 0.416 e. The fourth-order valence-electron chi connectivity index (χ4n) is 2.95. The van der Waals surface area contributed by atoms with E-state index in [1.165, 1.54) is 12.1 Å². The third-order valence-corrected chi connectivity index (χ3v) is 4.63. The van der Waals surface area contributed by atoms with Crippen molar-refractivity contribution in [3.05, 3.63) is 35.4 Å². The van der Waals surface area contributed by atoms with Gasteiger partial charge in [-0.05, 0) is 36.5 Å². The van der Waals surface area contributed by atoms with Crippen LogP contribution in [0.15, 0.2) is 24.3 Å². The van der Waals surface area contributed by atoms with Crippen molar-refractivity contribution in [2.75, 3.05) is 13.1 Å². The van der Waals surface area contributed by atoms with E-state index in [4.69, 9.17) is 0 Å². The van der Waals surface area contributed by atoms with E-state index in [1.54, 1.807) is 4.90 Å². The van der Waals surface area contributed by atoms with Crippen LogP contribution in [-0.4, -0.2) is 24.4 Å². The fraction of sp³-hybridized carbons (Fsp3) is 0.500. The molecular weight excluding hydrogens is 293 g/mol. The number of benzene rings is 1. The molecule has 0 spiro atoms. The van der Waals surface area contributed by atoms with Gasteiger partial charge in [-0.2, -0.15) is 18.4 Å². The number of amides is 1. The molecule has 0 aromatic heterocycles. The van der Waals surface area contributed by atoms with E-state index >= 15 is 0 Å². The predicted molar refractivity (Wildman–Crippen MR) is 74.8 cm³/mol. The fourth-order valence-corrected chi connectivity index (χ4v) is 2.95. The number of piperidine rings is 1. The summed E-state index contributed by atoms with van der Waals surface area (Å²) in [5.41, 5.74) is -0.612. The normalized spacial score (nSPS) is 19.3. The summed E-state index contributed by atoms with van der Waals surface area (Å²) >= 11 is 0. The molecule has 22 heavy (non-hydrogen) atoms. The lowest BCUT2D eigenvalue weighted by Gasteiger charge is -2.39. The second-order valence-corrected chi connectivity index (χ2v) is 5.75. The first-order chi connectivity index (χ1) is 10.3. The molecule has 0 radical (unpaired) electrons. The molecule has 3 nitrogen and oxygen atoms in total. The second kappa shape index (κ2) is 5.99. The van der Waals surface area contributed by atoms with E-state index in [0.717, 1.165) is 18.5 Å². The van der Waals surface area contributed by atoms with E-state index in [0.29, 0.717) is 31.5 Å². The highest BCUT2D eigenvalue weighted by molar-refractivity contribution is 5.47. The van der Waals surface area contributed by atoms with Crippen molar-refractivity contribution < 1.29 is 18.0 Å². The molecule has 6 heteroatoms. The lowest BCUT2D eigenvalue weighted by molar-refractivity contribution is -0.137. The van der Waals surface area contributed by atoms with Gasteiger partial charge in [0.25, 0.3) is 0 Å². The summed E-state index contributed by atoms with van der Waals surface area (Å²) in [5.74, 6) is -0.186. The highest BCUT2D eigenvalue weighted by Crippen LogP contribution is 2.44. The number of carbonyl (C=O) groups is 1. The average Bonchev–Trinajstić information content (AvgIpc) is 2.53. The quantitative estimate of drug-likeness (QED) is 0.801. The maximum atomic E-state index is 12.6. The van der Waals surface area contributed by atoms with Crippen molar-refractivity contribution in [2.24, 2.45) is 5.41 Å². The Bertz CT molecular complexity index is 567. The van der Waals surface area contributed by atoms with Gasteiger partial charge in [0.05, 0.1) is 17.0 Å². The number of nitriles is 1. The van der Waals surface area contributed by atoms with Crippen LogP contribution in [0.1, 0.15) is 36.8 Å². The molecule has 1 amide bonds. The van der Waals surface area contributed by atoms with Crippen LogP contribution in [0.5, 0.6) is 0 Å². The Morgan fingerprint density at radius 1 is 1.27 bits per heavy atom. The number of rotatable bonds is 3. The molecule has 0 bridgehead atoms. The van der Waals surface area contributed by atoms with E-state index in [2.05, 4.69) is 6.07 Å². The zero-order chi connectivity index (χ0) is 16.4. The Labute approximate surface area is 127 Å². The first-order valence-electron chi connectivity index (χ1n) is 7.10. The third-order valence-electron chi connectivity index (χ3n) is 4.63. The second-order valence-electron chi connectivity index (χ2n) is 5.75. The number of halogens is 3. The Balaban J connectivity index is 2.21. The van der Waals surface area contributed by atoms with Gasteiger partial charge in [-0.25, -0.2) is 0 Å². The third kappa shape index (κ3) is 3.08. The molecule has 1 heterocycles. The van der Waals surface area contributed by atoms with E-state index in [9.17, 15) is 23.2 Å². The van der Waals surface area contributed by atoms with Crippen molar-refractivity contribution in [1.82, 2.24) is 4.90 Å². The largest absolute Gasteiger partial charge is 0.416 e. The van der Waals surface area contributed by atoms with Gasteiger partial charge in [0, 0.05) is 13.1 Å². The summed E-state index contributed by atoms with van der Waals surface area (Å²) in [6.07, 6.45) is -2.52. The number of carbonyl (C=O) groups excluding carboxylic acids is 1. The topological polar surface area (TPSA) is 44.1 Å². The van der Waals surface area contributed by atoms with Crippen LogP contribution in [0.25, 0.3) is 0 Å². The van der Waals surface area contributed by atoms with Gasteiger partial charge in [-0.15, -0.1) is 0 Å². The van der Waals surface area contributed by atoms with Crippen LogP contribution >= 0.6 is 0 Å². The summed E-state index contributed by atoms with van der Waals surface area (Å²) in [7, 11) is 0. The molecule has 118 valence electrons. The van der Waals surface area contributed by atoms with Crippen LogP contribution in [0.2, 0.25) is 0 Å². The first kappa shape index (κ1) is 16.3. The van der Waals surface area contributed by atoms with Gasteiger partial charge in [0.1, 0.15) is 0 Å². The SMILES string of the molecule is CC(c1ccc(C(F)(F)F)cc1)C1(C#N)CCN(C=O)CC1. The average molecular weight is 310 g/mol. The van der Waals surface area contributed by atoms with Crippen molar-refractivity contribution in [3.8, 4) is 6.07 Å². The molecule has 0 aliphatic carbocycles. The standard InChI is InChI=1S/C16H17F3N2O/c1-12(13-2-4-14(5-3-13)16(17,18)19)15(10-20)6-8-21(11-22)9-7-15/h2-5,11-12H,6-9H2,1H3. The van der Waals surface area contributed by atoms with Crippen molar-refractivity contribution in [1.29, 1.82) is 5.26 Å². The minimum absolute atomic E-state index is 0.186. The van der Waals surface area contributed by atoms with Gasteiger partial charge in [0.15, 0.2) is 0 Å². The van der Waals surface area contributed by atoms with Crippen LogP contribution in [0.3, 0.4) is 0 Å². The number of alkyl halides is 3. The molecule has 0 saturated carbocycles. The smallest absolute Gasteiger partial charge is 0.345 e. The van der Waals surface area contributed by atoms with Gasteiger partial charge < -0.3 is 4.90 Å². The Morgan fingerprint density at radius 3 is 2.23 bits per heavy atom. The van der Waals surface area contributed by atoms with E-state index in [-0.39, 0.29) is 5.92 Å².